The van der Waals surface area contributed by atoms with Gasteiger partial charge >= 0.3 is 5.97 Å². The van der Waals surface area contributed by atoms with Crippen molar-refractivity contribution in [3.05, 3.63) is 94.4 Å². The van der Waals surface area contributed by atoms with Crippen LogP contribution in [0.2, 0.25) is 0 Å². The lowest BCUT2D eigenvalue weighted by molar-refractivity contribution is 0.0697. The molecule has 0 radical (unpaired) electrons. The van der Waals surface area contributed by atoms with Crippen LogP contribution in [-0.4, -0.2) is 109 Å². The fourth-order valence-electron chi connectivity index (χ4n) is 6.01. The van der Waals surface area contributed by atoms with E-state index in [1.807, 2.05) is 0 Å². The number of hydrogen-bond acceptors (Lipinski definition) is 20. The molecule has 0 fully saturated rings. The molecule has 0 aliphatic heterocycles. The van der Waals surface area contributed by atoms with Crippen LogP contribution < -0.4 is 19.8 Å². The van der Waals surface area contributed by atoms with Crippen molar-refractivity contribution in [1.82, 2.24) is 9.78 Å². The molecule has 6 aromatic rings. The van der Waals surface area contributed by atoms with Crippen LogP contribution in [0.5, 0.6) is 23.0 Å². The number of aliphatic hydroxyl groups excluding tert-OH is 2. The molecule has 0 spiro atoms. The zero-order valence-electron chi connectivity index (χ0n) is 34.2. The van der Waals surface area contributed by atoms with Crippen molar-refractivity contribution in [1.29, 1.82) is 0 Å². The van der Waals surface area contributed by atoms with E-state index in [9.17, 15) is 68.9 Å². The number of aryl methyl sites for hydroxylation is 1. The zero-order valence-corrected chi connectivity index (χ0v) is 36.7. The van der Waals surface area contributed by atoms with Gasteiger partial charge in [-0.25, -0.2) is 9.48 Å². The molecule has 0 unspecified atom stereocenters. The molecular weight excluding hydrogens is 953 g/mol. The van der Waals surface area contributed by atoms with Crippen LogP contribution in [-0.2, 0) is 30.4 Å². The summed E-state index contributed by atoms with van der Waals surface area (Å²) in [7, 11) is -13.6. The number of carboxylic acids is 1. The van der Waals surface area contributed by atoms with E-state index in [0.29, 0.717) is 6.07 Å². The Morgan fingerprint density at radius 3 is 1.81 bits per heavy atom. The third-order valence-electron chi connectivity index (χ3n) is 9.07. The van der Waals surface area contributed by atoms with E-state index in [4.69, 9.17) is 14.2 Å². The Kier molecular flexibility index (Phi) is 14.3. The predicted molar refractivity (Wildman–Crippen MR) is 230 cm³/mol. The molecule has 0 atom stereocenters. The smallest absolute Gasteiger partial charge is 0.338 e. The fourth-order valence-corrected chi connectivity index (χ4v) is 7.81. The number of phenols is 1. The second-order valence-electron chi connectivity index (χ2n) is 13.5. The highest BCUT2D eigenvalue weighted by molar-refractivity contribution is 7.86. The topological polar surface area (TPSA) is 401 Å². The number of rotatable bonds is 18. The second-order valence-corrected chi connectivity index (χ2v) is 17.7. The van der Waals surface area contributed by atoms with E-state index in [1.54, 1.807) is 0 Å². The van der Waals surface area contributed by atoms with Crippen LogP contribution in [0.3, 0.4) is 0 Å². The molecule has 0 aliphatic rings. The number of benzene rings is 5. The highest BCUT2D eigenvalue weighted by atomic mass is 32.2. The monoisotopic (exact) mass is 986 g/mol. The fraction of sp³-hybridized carbons (Fsp3) is 0.158. The number of azo groups is 3. The molecule has 0 bridgehead atoms. The van der Waals surface area contributed by atoms with Gasteiger partial charge in [0, 0.05) is 23.6 Å². The zero-order chi connectivity index (χ0) is 49.0. The number of hydrogen-bond donors (Lipinski definition) is 8. The minimum atomic E-state index is -5.22. The molecule has 5 aromatic carbocycles. The third kappa shape index (κ3) is 11.0. The number of aromatic nitrogens is 2. The number of nitrogens with zero attached hydrogens (tertiary/aromatic N) is 7. The van der Waals surface area contributed by atoms with Crippen LogP contribution >= 0.6 is 0 Å². The summed E-state index contributed by atoms with van der Waals surface area (Å²) in [6.07, 6.45) is 0. The van der Waals surface area contributed by atoms with Crippen molar-refractivity contribution in [3.63, 3.8) is 0 Å². The quantitative estimate of drug-likeness (QED) is 0.0374. The number of methoxy groups -OCH3 is 1. The van der Waals surface area contributed by atoms with Crippen molar-refractivity contribution < 1.29 is 78.3 Å². The maximum absolute atomic E-state index is 13.5. The molecular formula is C38H34N8O18S3. The second kappa shape index (κ2) is 19.5. The molecule has 29 heteroatoms. The predicted octanol–water partition coefficient (Wildman–Crippen LogP) is 5.77. The average Bonchev–Trinajstić information content (AvgIpc) is 3.56. The number of ether oxygens (including phenoxy) is 3. The Balaban J connectivity index is 1.41. The number of H-pyrrole nitrogens is 1. The van der Waals surface area contributed by atoms with E-state index in [1.165, 1.54) is 44.4 Å². The SMILES string of the molecule is COc1ccc(N=Nc2cc(OCCO)c(N=Nc3c(S(=O)(=O)O)cc4cc(-n5[nH]c(C)c(N=Nc6ccc(S(=O)(=O)O)cc6C(=O)O)c5=O)ccc4c3O)cc2OCCO)c(S(=O)(=O)O)c1. The van der Waals surface area contributed by atoms with Crippen molar-refractivity contribution in [2.24, 2.45) is 30.7 Å². The lowest BCUT2D eigenvalue weighted by Gasteiger charge is -2.13. The molecule has 352 valence electrons. The third-order valence-corrected chi connectivity index (χ3v) is 11.7. The molecule has 0 saturated heterocycles. The summed E-state index contributed by atoms with van der Waals surface area (Å²) in [5.74, 6) is -2.77. The first-order valence-corrected chi connectivity index (χ1v) is 22.9. The van der Waals surface area contributed by atoms with Gasteiger partial charge < -0.3 is 34.6 Å². The van der Waals surface area contributed by atoms with Gasteiger partial charge in [0.25, 0.3) is 35.9 Å². The summed E-state index contributed by atoms with van der Waals surface area (Å²) in [5.41, 5.74) is -3.64. The van der Waals surface area contributed by atoms with Crippen molar-refractivity contribution in [3.8, 4) is 28.7 Å². The van der Waals surface area contributed by atoms with Gasteiger partial charge in [0.05, 0.1) is 42.2 Å². The number of fused-ring (bicyclic) bond motifs is 1. The molecule has 0 amide bonds. The summed E-state index contributed by atoms with van der Waals surface area (Å²) in [4.78, 5) is 23.0. The lowest BCUT2D eigenvalue weighted by Crippen LogP contribution is -2.14. The molecule has 6 rings (SSSR count). The largest absolute Gasteiger partial charge is 0.505 e. The standard InChI is InChI=1S/C38H34N8O18S3/c1-19-34(43-39-26-8-5-23(65(53,54)55)16-25(26)38(51)52)37(50)46(45-19)21-3-6-24-20(13-21)14-33(67(59,60)61)35(36(24)49)44-42-29-18-30(63-11-9-47)28(17-31(29)64-12-10-48)41-40-27-7-4-22(62-2)15-32(27)66(56,57)58/h3-8,13-18,45,47-49H,9-12H2,1-2H3,(H,51,52)(H,53,54,55)(H,56,57,58)(H,59,60,61). The molecule has 0 saturated carbocycles. The van der Waals surface area contributed by atoms with Gasteiger partial charge in [-0.3, -0.25) is 23.6 Å². The maximum Gasteiger partial charge on any atom is 0.338 e. The molecule has 1 aromatic heterocycles. The van der Waals surface area contributed by atoms with Crippen LogP contribution in [0, 0.1) is 6.92 Å². The molecule has 8 N–H and O–H groups in total. The van der Waals surface area contributed by atoms with Crippen LogP contribution in [0.25, 0.3) is 16.5 Å². The summed E-state index contributed by atoms with van der Waals surface area (Å²) >= 11 is 0. The molecule has 1 heterocycles. The van der Waals surface area contributed by atoms with Gasteiger partial charge in [-0.05, 0) is 66.9 Å². The Hall–Kier alpha value is -7.51. The summed E-state index contributed by atoms with van der Waals surface area (Å²) < 4.78 is 119. The number of carbonyl (C=O) groups is 1. The summed E-state index contributed by atoms with van der Waals surface area (Å²) in [6, 6.07) is 13.0. The lowest BCUT2D eigenvalue weighted by atomic mass is 10.1. The Bertz CT molecular complexity index is 3440. The van der Waals surface area contributed by atoms with E-state index >= 15 is 0 Å². The van der Waals surface area contributed by atoms with Gasteiger partial charge in [0.15, 0.2) is 11.4 Å². The van der Waals surface area contributed by atoms with Crippen molar-refractivity contribution in [2.45, 2.75) is 21.6 Å². The molecule has 0 aliphatic carbocycles. The minimum Gasteiger partial charge on any atom is -0.505 e. The van der Waals surface area contributed by atoms with E-state index in [0.717, 1.165) is 41.1 Å². The first kappa shape index (κ1) is 48.9. The van der Waals surface area contributed by atoms with Crippen molar-refractivity contribution in [2.75, 3.05) is 33.5 Å². The Morgan fingerprint density at radius 2 is 1.24 bits per heavy atom. The number of aromatic carboxylic acids is 1. The van der Waals surface area contributed by atoms with Gasteiger partial charge in [0.2, 0.25) is 0 Å². The Morgan fingerprint density at radius 1 is 0.672 bits per heavy atom. The summed E-state index contributed by atoms with van der Waals surface area (Å²) in [6.45, 7) is -0.308. The first-order chi connectivity index (χ1) is 31.5. The number of nitrogens with one attached hydrogen (secondary N) is 1. The number of phenolic OH excluding ortho intramolecular Hbond substituents is 1. The van der Waals surface area contributed by atoms with Crippen LogP contribution in [0.4, 0.5) is 34.1 Å². The summed E-state index contributed by atoms with van der Waals surface area (Å²) in [5, 5.41) is 66.1. The van der Waals surface area contributed by atoms with E-state index in [2.05, 4.69) is 35.8 Å². The van der Waals surface area contributed by atoms with Crippen molar-refractivity contribution >= 4 is 81.2 Å². The van der Waals surface area contributed by atoms with Crippen LogP contribution in [0.1, 0.15) is 16.1 Å². The minimum absolute atomic E-state index is 0.0281. The van der Waals surface area contributed by atoms with Gasteiger partial charge in [0.1, 0.15) is 68.7 Å². The molecule has 26 nitrogen and oxygen atoms in total. The highest BCUT2D eigenvalue weighted by Gasteiger charge is 2.25. The number of aromatic hydroxyl groups is 1. The van der Waals surface area contributed by atoms with E-state index in [-0.39, 0.29) is 81.1 Å². The highest BCUT2D eigenvalue weighted by Crippen LogP contribution is 2.45. The van der Waals surface area contributed by atoms with E-state index < -0.39 is 86.8 Å². The number of aliphatic hydroxyl groups is 2. The number of aromatic amines is 1. The molecule has 67 heavy (non-hydrogen) atoms. The normalized spacial score (nSPS) is 12.5. The van der Waals surface area contributed by atoms with Gasteiger partial charge in [-0.15, -0.1) is 30.7 Å². The average molecular weight is 987 g/mol. The van der Waals surface area contributed by atoms with Gasteiger partial charge in [-0.2, -0.15) is 25.3 Å². The maximum atomic E-state index is 13.5. The van der Waals surface area contributed by atoms with Gasteiger partial charge in [-0.1, -0.05) is 0 Å². The van der Waals surface area contributed by atoms with Crippen LogP contribution in [0.15, 0.2) is 123 Å². The number of carboxylic acid groups (broad SMARTS) is 1. The Labute approximate surface area is 377 Å². The first-order valence-electron chi connectivity index (χ1n) is 18.6.